The van der Waals surface area contributed by atoms with Crippen LogP contribution >= 0.6 is 11.6 Å². The van der Waals surface area contributed by atoms with Gasteiger partial charge in [0.1, 0.15) is 11.6 Å². The lowest BCUT2D eigenvalue weighted by Crippen LogP contribution is -2.27. The van der Waals surface area contributed by atoms with Crippen molar-refractivity contribution >= 4 is 23.2 Å². The van der Waals surface area contributed by atoms with Crippen LogP contribution in [0.4, 0.5) is 23.2 Å². The number of fused-ring (bicyclic) bond motifs is 4. The van der Waals surface area contributed by atoms with Crippen molar-refractivity contribution in [1.29, 1.82) is 0 Å². The molecule has 0 saturated heterocycles. The second-order valence-electron chi connectivity index (χ2n) is 9.70. The van der Waals surface area contributed by atoms with Gasteiger partial charge in [0.15, 0.2) is 0 Å². The zero-order valence-electron chi connectivity index (χ0n) is 21.6. The molecule has 0 saturated carbocycles. The van der Waals surface area contributed by atoms with Crippen molar-refractivity contribution in [3.05, 3.63) is 94.0 Å². The zero-order chi connectivity index (χ0) is 29.3. The van der Waals surface area contributed by atoms with Crippen molar-refractivity contribution in [3.63, 3.8) is 0 Å². The molecule has 7 nitrogen and oxygen atoms in total. The first-order valence-electron chi connectivity index (χ1n) is 12.7. The van der Waals surface area contributed by atoms with E-state index in [1.54, 1.807) is 19.1 Å². The van der Waals surface area contributed by atoms with Gasteiger partial charge in [0.05, 0.1) is 23.8 Å². The van der Waals surface area contributed by atoms with Crippen molar-refractivity contribution in [2.24, 2.45) is 5.92 Å². The number of amides is 1. The van der Waals surface area contributed by atoms with Gasteiger partial charge in [-0.15, -0.1) is 13.2 Å². The molecule has 3 heterocycles. The highest BCUT2D eigenvalue weighted by molar-refractivity contribution is 6.31. The molecule has 5 rings (SSSR count). The molecular weight excluding hydrogens is 564 g/mol. The second kappa shape index (κ2) is 11.3. The predicted octanol–water partition coefficient (Wildman–Crippen LogP) is 7.01. The molecule has 0 fully saturated rings. The van der Waals surface area contributed by atoms with Crippen LogP contribution in [0, 0.1) is 11.7 Å². The SMILES string of the molecule is CC1CCCC(n2cnc(-c3cc(Cl)ccc3OC(F)(F)F)cc2=O)c2cc(ccn2)-c2cc(F)ccc2NC1=O. The van der Waals surface area contributed by atoms with E-state index in [9.17, 15) is 27.2 Å². The van der Waals surface area contributed by atoms with Gasteiger partial charge in [0.25, 0.3) is 5.56 Å². The molecule has 4 aromatic rings. The first kappa shape index (κ1) is 28.3. The number of nitrogens with one attached hydrogen (secondary N) is 1. The molecule has 1 N–H and O–H groups in total. The van der Waals surface area contributed by atoms with Crippen LogP contribution in [0.1, 0.15) is 37.9 Å². The van der Waals surface area contributed by atoms with Crippen LogP contribution in [0.5, 0.6) is 5.75 Å². The lowest BCUT2D eigenvalue weighted by atomic mass is 9.95. The monoisotopic (exact) mass is 586 g/mol. The van der Waals surface area contributed by atoms with Gasteiger partial charge >= 0.3 is 6.36 Å². The summed E-state index contributed by atoms with van der Waals surface area (Å²) in [6.45, 7) is 1.78. The summed E-state index contributed by atoms with van der Waals surface area (Å²) in [5, 5.41) is 3.01. The fraction of sp³-hybridized carbons (Fsp3) is 0.241. The summed E-state index contributed by atoms with van der Waals surface area (Å²) in [6, 6.07) is 11.5. The Balaban J connectivity index is 1.59. The van der Waals surface area contributed by atoms with E-state index in [-0.39, 0.29) is 28.1 Å². The van der Waals surface area contributed by atoms with Gasteiger partial charge in [-0.25, -0.2) is 9.37 Å². The summed E-state index contributed by atoms with van der Waals surface area (Å²) in [7, 11) is 0. The Kier molecular flexibility index (Phi) is 7.81. The molecule has 1 amide bonds. The Bertz CT molecular complexity index is 1670. The van der Waals surface area contributed by atoms with E-state index in [1.807, 2.05) is 0 Å². The summed E-state index contributed by atoms with van der Waals surface area (Å²) in [5.74, 6) is -1.62. The fourth-order valence-electron chi connectivity index (χ4n) is 4.80. The van der Waals surface area contributed by atoms with Crippen molar-refractivity contribution < 1.29 is 27.1 Å². The van der Waals surface area contributed by atoms with E-state index in [2.05, 4.69) is 20.0 Å². The lowest BCUT2D eigenvalue weighted by molar-refractivity contribution is -0.274. The highest BCUT2D eigenvalue weighted by Crippen LogP contribution is 2.36. The number of carbonyl (C=O) groups excluding carboxylic acids is 1. The van der Waals surface area contributed by atoms with Gasteiger partial charge in [-0.2, -0.15) is 0 Å². The Hall–Kier alpha value is -4.25. The Labute approximate surface area is 236 Å². The smallest absolute Gasteiger partial charge is 0.405 e. The van der Waals surface area contributed by atoms with Gasteiger partial charge < -0.3 is 10.1 Å². The number of halogens is 5. The van der Waals surface area contributed by atoms with Gasteiger partial charge in [-0.1, -0.05) is 24.9 Å². The van der Waals surface area contributed by atoms with E-state index in [1.165, 1.54) is 47.4 Å². The van der Waals surface area contributed by atoms with Gasteiger partial charge in [0.2, 0.25) is 5.91 Å². The third kappa shape index (κ3) is 6.40. The van der Waals surface area contributed by atoms with Crippen LogP contribution in [0.3, 0.4) is 0 Å². The van der Waals surface area contributed by atoms with Crippen LogP contribution in [-0.4, -0.2) is 26.8 Å². The maximum absolute atomic E-state index is 14.2. The molecule has 2 aromatic heterocycles. The lowest BCUT2D eigenvalue weighted by Gasteiger charge is -2.23. The maximum Gasteiger partial charge on any atom is 0.573 e. The molecule has 12 heteroatoms. The standard InChI is InChI=1S/C29H23ClF4N4O3/c1-16-3-2-4-25(24-11-17(9-10-35-24)20-13-19(31)6-7-22(20)37-28(16)40)38-15-36-23(14-27(38)39)21-12-18(30)5-8-26(21)41-29(32,33)34/h5-16,25H,2-4H2,1H3,(H,37,40). The van der Waals surface area contributed by atoms with Crippen molar-refractivity contribution in [2.75, 3.05) is 5.32 Å². The first-order chi connectivity index (χ1) is 19.5. The molecule has 2 aromatic carbocycles. The number of benzene rings is 2. The number of rotatable bonds is 3. The number of anilines is 1. The Morgan fingerprint density at radius 3 is 2.56 bits per heavy atom. The van der Waals surface area contributed by atoms with Gasteiger partial charge in [-0.05, 0) is 66.9 Å². The normalized spacial score (nSPS) is 17.6. The number of aromatic nitrogens is 3. The number of alkyl halides is 3. The average Bonchev–Trinajstić information content (AvgIpc) is 2.92. The van der Waals surface area contributed by atoms with E-state index < -0.39 is 29.5 Å². The number of carbonyl (C=O) groups is 1. The molecule has 212 valence electrons. The maximum atomic E-state index is 14.2. The molecule has 0 radical (unpaired) electrons. The summed E-state index contributed by atoms with van der Waals surface area (Å²) in [6.07, 6.45) is -0.734. The minimum atomic E-state index is -4.96. The molecule has 0 aliphatic carbocycles. The van der Waals surface area contributed by atoms with E-state index in [0.29, 0.717) is 41.8 Å². The summed E-state index contributed by atoms with van der Waals surface area (Å²) in [5.41, 5.74) is 1.27. The molecular formula is C29H23ClF4N4O3. The topological polar surface area (TPSA) is 86.1 Å². The molecule has 1 aliphatic rings. The summed E-state index contributed by atoms with van der Waals surface area (Å²) >= 11 is 6.02. The third-order valence-electron chi connectivity index (χ3n) is 6.85. The minimum Gasteiger partial charge on any atom is -0.405 e. The molecule has 2 atom stereocenters. The Morgan fingerprint density at radius 2 is 1.80 bits per heavy atom. The van der Waals surface area contributed by atoms with Crippen molar-refractivity contribution in [3.8, 4) is 28.1 Å². The van der Waals surface area contributed by atoms with Crippen LogP contribution in [0.15, 0.2) is 71.9 Å². The number of hydrogen-bond donors (Lipinski definition) is 1. The quantitative estimate of drug-likeness (QED) is 0.261. The highest BCUT2D eigenvalue weighted by Gasteiger charge is 2.32. The second-order valence-corrected chi connectivity index (χ2v) is 10.1. The van der Waals surface area contributed by atoms with E-state index in [0.717, 1.165) is 12.1 Å². The average molecular weight is 587 g/mol. The molecule has 0 spiro atoms. The van der Waals surface area contributed by atoms with Crippen LogP contribution in [0.2, 0.25) is 5.02 Å². The number of nitrogens with zero attached hydrogens (tertiary/aromatic N) is 3. The number of hydrogen-bond acceptors (Lipinski definition) is 5. The van der Waals surface area contributed by atoms with Crippen LogP contribution in [0.25, 0.3) is 22.4 Å². The van der Waals surface area contributed by atoms with E-state index in [4.69, 9.17) is 11.6 Å². The van der Waals surface area contributed by atoms with Gasteiger partial charge in [0, 0.05) is 40.0 Å². The third-order valence-corrected chi connectivity index (χ3v) is 7.09. The summed E-state index contributed by atoms with van der Waals surface area (Å²) in [4.78, 5) is 35.0. The number of pyridine rings is 1. The van der Waals surface area contributed by atoms with Crippen LogP contribution < -0.4 is 15.6 Å². The first-order valence-corrected chi connectivity index (χ1v) is 13.1. The van der Waals surface area contributed by atoms with Crippen LogP contribution in [-0.2, 0) is 4.79 Å². The summed E-state index contributed by atoms with van der Waals surface area (Å²) < 4.78 is 58.7. The zero-order valence-corrected chi connectivity index (χ0v) is 22.3. The largest absolute Gasteiger partial charge is 0.573 e. The van der Waals surface area contributed by atoms with Gasteiger partial charge in [-0.3, -0.25) is 19.1 Å². The Morgan fingerprint density at radius 1 is 1.00 bits per heavy atom. The molecule has 2 bridgehead atoms. The fourth-order valence-corrected chi connectivity index (χ4v) is 4.98. The van der Waals surface area contributed by atoms with Crippen molar-refractivity contribution in [1.82, 2.24) is 14.5 Å². The highest BCUT2D eigenvalue weighted by atomic mass is 35.5. The molecule has 1 aliphatic heterocycles. The van der Waals surface area contributed by atoms with E-state index >= 15 is 0 Å². The molecule has 2 unspecified atom stereocenters. The van der Waals surface area contributed by atoms with Crippen molar-refractivity contribution in [2.45, 2.75) is 38.6 Å². The minimum absolute atomic E-state index is 0.0578. The predicted molar refractivity (Wildman–Crippen MR) is 145 cm³/mol. The number of ether oxygens (including phenoxy) is 1. The molecule has 41 heavy (non-hydrogen) atoms.